The van der Waals surface area contributed by atoms with Crippen molar-refractivity contribution >= 4 is 34.8 Å². The zero-order chi connectivity index (χ0) is 20.7. The summed E-state index contributed by atoms with van der Waals surface area (Å²) in [6.07, 6.45) is 7.48. The summed E-state index contributed by atoms with van der Waals surface area (Å²) in [7, 11) is 0. The van der Waals surface area contributed by atoms with E-state index >= 15 is 4.39 Å². The van der Waals surface area contributed by atoms with Gasteiger partial charge in [-0.25, -0.2) is 4.39 Å². The molecule has 0 saturated heterocycles. The number of Topliss-reactive ketones (excluding diaryl/α,β-unsaturated/α-hetero) is 1. The third-order valence-electron chi connectivity index (χ3n) is 8.29. The summed E-state index contributed by atoms with van der Waals surface area (Å²) in [6.45, 7) is 5.50. The largest absolute Gasteiger partial charge is 0.381 e. The summed E-state index contributed by atoms with van der Waals surface area (Å²) in [5.74, 6) is -1.80. The molecular formula is C22H25Cl2FO3. The second kappa shape index (κ2) is 6.02. The highest BCUT2D eigenvalue weighted by Crippen LogP contribution is 2.70. The van der Waals surface area contributed by atoms with E-state index in [9.17, 15) is 14.7 Å². The Hall–Kier alpha value is -0.970. The summed E-state index contributed by atoms with van der Waals surface area (Å²) in [6, 6.07) is 0. The van der Waals surface area contributed by atoms with Gasteiger partial charge in [-0.05, 0) is 42.4 Å². The second-order valence-electron chi connectivity index (χ2n) is 9.35. The maximum atomic E-state index is 16.0. The number of alkyl halides is 3. The highest BCUT2D eigenvalue weighted by Gasteiger charge is 2.74. The van der Waals surface area contributed by atoms with E-state index in [4.69, 9.17) is 23.2 Å². The molecule has 0 bridgehead atoms. The van der Waals surface area contributed by atoms with E-state index in [-0.39, 0.29) is 35.8 Å². The molecule has 6 heteroatoms. The fourth-order valence-corrected chi connectivity index (χ4v) is 7.32. The second-order valence-corrected chi connectivity index (χ2v) is 10.2. The lowest BCUT2D eigenvalue weighted by Gasteiger charge is -2.61. The molecule has 3 nitrogen and oxygen atoms in total. The van der Waals surface area contributed by atoms with Crippen LogP contribution in [0.15, 0.2) is 36.0 Å². The number of hydrogen-bond acceptors (Lipinski definition) is 3. The van der Waals surface area contributed by atoms with Crippen LogP contribution >= 0.6 is 23.2 Å². The molecule has 28 heavy (non-hydrogen) atoms. The van der Waals surface area contributed by atoms with Gasteiger partial charge >= 0.3 is 0 Å². The van der Waals surface area contributed by atoms with E-state index in [1.807, 2.05) is 26.0 Å². The Morgan fingerprint density at radius 3 is 2.68 bits per heavy atom. The molecule has 0 spiro atoms. The van der Waals surface area contributed by atoms with Crippen LogP contribution in [0.1, 0.15) is 33.6 Å². The van der Waals surface area contributed by atoms with Gasteiger partial charge in [-0.3, -0.25) is 9.59 Å². The van der Waals surface area contributed by atoms with Gasteiger partial charge in [0.2, 0.25) is 0 Å². The first-order valence-electron chi connectivity index (χ1n) is 9.75. The summed E-state index contributed by atoms with van der Waals surface area (Å²) >= 11 is 13.0. The molecule has 0 unspecified atom stereocenters. The summed E-state index contributed by atoms with van der Waals surface area (Å²) in [5.41, 5.74) is -2.78. The van der Waals surface area contributed by atoms with Crippen molar-refractivity contribution in [1.29, 1.82) is 0 Å². The van der Waals surface area contributed by atoms with Crippen molar-refractivity contribution in [2.24, 2.45) is 28.6 Å². The van der Waals surface area contributed by atoms with Crippen molar-refractivity contribution in [1.82, 2.24) is 0 Å². The van der Waals surface area contributed by atoms with Crippen molar-refractivity contribution in [3.63, 3.8) is 0 Å². The van der Waals surface area contributed by atoms with Gasteiger partial charge in [0, 0.05) is 16.7 Å². The lowest BCUT2D eigenvalue weighted by Crippen LogP contribution is -2.67. The Kier molecular flexibility index (Phi) is 4.37. The first-order valence-corrected chi connectivity index (χ1v) is 10.7. The van der Waals surface area contributed by atoms with Crippen LogP contribution in [0, 0.1) is 28.6 Å². The molecule has 0 aliphatic heterocycles. The van der Waals surface area contributed by atoms with Crippen molar-refractivity contribution in [3.05, 3.63) is 36.0 Å². The zero-order valence-corrected chi connectivity index (χ0v) is 17.7. The monoisotopic (exact) mass is 426 g/mol. The predicted octanol–water partition coefficient (Wildman–Crippen LogP) is 4.16. The highest BCUT2D eigenvalue weighted by atomic mass is 35.5. The molecule has 2 fully saturated rings. The molecule has 2 saturated carbocycles. The normalized spacial score (nSPS) is 52.0. The van der Waals surface area contributed by atoms with E-state index in [2.05, 4.69) is 0 Å². The molecule has 0 aromatic carbocycles. The highest BCUT2D eigenvalue weighted by molar-refractivity contribution is 6.29. The first kappa shape index (κ1) is 20.3. The van der Waals surface area contributed by atoms with Gasteiger partial charge in [-0.1, -0.05) is 39.0 Å². The third-order valence-corrected chi connectivity index (χ3v) is 9.42. The van der Waals surface area contributed by atoms with E-state index in [0.29, 0.717) is 12.0 Å². The molecule has 152 valence electrons. The minimum Gasteiger partial charge on any atom is -0.381 e. The van der Waals surface area contributed by atoms with Crippen molar-refractivity contribution in [2.75, 3.05) is 5.88 Å². The topological polar surface area (TPSA) is 54.4 Å². The van der Waals surface area contributed by atoms with Crippen LogP contribution in [0.3, 0.4) is 0 Å². The average molecular weight is 427 g/mol. The number of fused-ring (bicyclic) bond motifs is 5. The number of carbonyl (C=O) groups excluding carboxylic acids is 2. The van der Waals surface area contributed by atoms with E-state index in [1.54, 1.807) is 13.0 Å². The fourth-order valence-electron chi connectivity index (χ4n) is 6.64. The molecular weight excluding hydrogens is 402 g/mol. The van der Waals surface area contributed by atoms with Crippen LogP contribution in [0.4, 0.5) is 4.39 Å². The van der Waals surface area contributed by atoms with Crippen LogP contribution < -0.4 is 0 Å². The molecule has 8 atom stereocenters. The van der Waals surface area contributed by atoms with Crippen LogP contribution in [0.25, 0.3) is 0 Å². The maximum Gasteiger partial charge on any atom is 0.179 e. The van der Waals surface area contributed by atoms with Gasteiger partial charge in [0.1, 0.15) is 11.8 Å². The number of halogens is 3. The van der Waals surface area contributed by atoms with Crippen LogP contribution in [0.2, 0.25) is 0 Å². The number of carbonyl (C=O) groups is 2. The molecule has 4 aliphatic rings. The SMILES string of the molecule is C[C@@H]1C[C@H]2[C@@H]3C=CC4=CC(=O)C=C[C@]4(C)[C@@]3(Cl)[C@@H](F)C[C@]2(C)[C@@]1(O)C(=O)CCl. The van der Waals surface area contributed by atoms with Gasteiger partial charge in [0.05, 0.1) is 10.8 Å². The van der Waals surface area contributed by atoms with Crippen LogP contribution in [-0.2, 0) is 9.59 Å². The number of hydrogen-bond donors (Lipinski definition) is 1. The van der Waals surface area contributed by atoms with Crippen molar-refractivity contribution in [2.45, 2.75) is 50.3 Å². The van der Waals surface area contributed by atoms with Crippen molar-refractivity contribution in [3.8, 4) is 0 Å². The van der Waals surface area contributed by atoms with Crippen LogP contribution in [-0.4, -0.2) is 39.2 Å². The molecule has 0 aromatic rings. The summed E-state index contributed by atoms with van der Waals surface area (Å²) < 4.78 is 16.0. The minimum atomic E-state index is -1.68. The van der Waals surface area contributed by atoms with Gasteiger partial charge in [0.25, 0.3) is 0 Å². The molecule has 0 amide bonds. The van der Waals surface area contributed by atoms with E-state index in [0.717, 1.165) is 0 Å². The summed E-state index contributed by atoms with van der Waals surface area (Å²) in [4.78, 5) is 23.2. The number of rotatable bonds is 2. The Morgan fingerprint density at radius 1 is 1.36 bits per heavy atom. The fraction of sp³-hybridized carbons (Fsp3) is 0.636. The lowest BCUT2D eigenvalue weighted by atomic mass is 9.47. The molecule has 0 heterocycles. The standard InChI is InChI=1S/C22H25Cl2FO3/c1-12-8-16-15-5-4-13-9-14(26)6-7-19(13,2)21(15,24)17(25)10-20(16,3)22(12,28)18(27)11-23/h4-7,9,12,15-17,28H,8,10-11H2,1-3H3/t12-,15+,16+,17+,19+,20+,21+,22+/m1/s1. The van der Waals surface area contributed by atoms with Crippen molar-refractivity contribution < 1.29 is 19.1 Å². The number of allylic oxidation sites excluding steroid dienone is 6. The number of aliphatic hydroxyl groups is 1. The van der Waals surface area contributed by atoms with E-state index in [1.165, 1.54) is 12.2 Å². The zero-order valence-electron chi connectivity index (χ0n) is 16.2. The van der Waals surface area contributed by atoms with E-state index < -0.39 is 33.3 Å². The maximum absolute atomic E-state index is 16.0. The molecule has 0 aromatic heterocycles. The molecule has 0 radical (unpaired) electrons. The Labute approximate surface area is 174 Å². The average Bonchev–Trinajstić information content (AvgIpc) is 2.84. The quantitative estimate of drug-likeness (QED) is 0.674. The van der Waals surface area contributed by atoms with Gasteiger partial charge < -0.3 is 5.11 Å². The lowest BCUT2D eigenvalue weighted by molar-refractivity contribution is -0.165. The minimum absolute atomic E-state index is 0.0281. The Morgan fingerprint density at radius 2 is 2.04 bits per heavy atom. The Balaban J connectivity index is 1.88. The molecule has 1 N–H and O–H groups in total. The number of ketones is 2. The first-order chi connectivity index (χ1) is 13.0. The molecule has 4 aliphatic carbocycles. The molecule has 4 rings (SSSR count). The third kappa shape index (κ3) is 2.10. The smallest absolute Gasteiger partial charge is 0.179 e. The predicted molar refractivity (Wildman–Crippen MR) is 107 cm³/mol. The van der Waals surface area contributed by atoms with Gasteiger partial charge in [-0.2, -0.15) is 0 Å². The van der Waals surface area contributed by atoms with Gasteiger partial charge in [-0.15, -0.1) is 23.2 Å². The van der Waals surface area contributed by atoms with Crippen LogP contribution in [0.5, 0.6) is 0 Å². The summed E-state index contributed by atoms with van der Waals surface area (Å²) in [5, 5.41) is 11.5. The van der Waals surface area contributed by atoms with Gasteiger partial charge in [0.15, 0.2) is 11.6 Å². The Bertz CT molecular complexity index is 851.